The average Bonchev–Trinajstić information content (AvgIpc) is 2.54. The molecular formula is C19H23ClN2O3S. The smallest absolute Gasteiger partial charge is 0.248 e. The van der Waals surface area contributed by atoms with Gasteiger partial charge in [-0.15, -0.1) is 0 Å². The van der Waals surface area contributed by atoms with Crippen molar-refractivity contribution in [2.75, 3.05) is 15.9 Å². The zero-order valence-electron chi connectivity index (χ0n) is 15.3. The second kappa shape index (κ2) is 8.10. The highest BCUT2D eigenvalue weighted by molar-refractivity contribution is 7.92. The molecule has 140 valence electrons. The summed E-state index contributed by atoms with van der Waals surface area (Å²) in [5, 5.41) is 3.29. The predicted octanol–water partition coefficient (Wildman–Crippen LogP) is 4.14. The maximum absolute atomic E-state index is 12.9. The van der Waals surface area contributed by atoms with E-state index in [9.17, 15) is 13.2 Å². The topological polar surface area (TPSA) is 66.5 Å². The van der Waals surface area contributed by atoms with Crippen molar-refractivity contribution < 1.29 is 13.2 Å². The fourth-order valence-corrected chi connectivity index (χ4v) is 4.28. The third-order valence-corrected chi connectivity index (χ3v) is 5.54. The van der Waals surface area contributed by atoms with Crippen LogP contribution in [0.5, 0.6) is 0 Å². The minimum Gasteiger partial charge on any atom is -0.324 e. The fraction of sp³-hybridized carbons (Fsp3) is 0.316. The van der Waals surface area contributed by atoms with Crippen LogP contribution in [0.3, 0.4) is 0 Å². The lowest BCUT2D eigenvalue weighted by molar-refractivity contribution is -0.117. The van der Waals surface area contributed by atoms with Crippen molar-refractivity contribution in [2.45, 2.75) is 33.2 Å². The van der Waals surface area contributed by atoms with Crippen LogP contribution < -0.4 is 9.62 Å². The van der Waals surface area contributed by atoms with Crippen LogP contribution in [0.2, 0.25) is 5.02 Å². The van der Waals surface area contributed by atoms with Gasteiger partial charge in [-0.1, -0.05) is 42.8 Å². The van der Waals surface area contributed by atoms with Gasteiger partial charge in [0.1, 0.15) is 6.04 Å². The van der Waals surface area contributed by atoms with E-state index in [1.807, 2.05) is 32.0 Å². The highest BCUT2D eigenvalue weighted by Crippen LogP contribution is 2.27. The number of hydrogen-bond donors (Lipinski definition) is 1. The zero-order chi connectivity index (χ0) is 19.5. The van der Waals surface area contributed by atoms with E-state index in [1.54, 1.807) is 25.1 Å². The number of anilines is 2. The molecule has 0 spiro atoms. The first-order valence-electron chi connectivity index (χ1n) is 8.27. The number of para-hydroxylation sites is 1. The highest BCUT2D eigenvalue weighted by Gasteiger charge is 2.32. The molecule has 0 saturated heterocycles. The van der Waals surface area contributed by atoms with Gasteiger partial charge in [-0.2, -0.15) is 0 Å². The molecule has 0 aliphatic heterocycles. The number of halogens is 1. The first-order chi connectivity index (χ1) is 12.1. The second-order valence-electron chi connectivity index (χ2n) is 6.22. The number of nitrogens with one attached hydrogen (secondary N) is 1. The molecule has 2 aromatic rings. The van der Waals surface area contributed by atoms with Crippen molar-refractivity contribution in [1.29, 1.82) is 0 Å². The van der Waals surface area contributed by atoms with Gasteiger partial charge in [0.05, 0.1) is 11.9 Å². The molecule has 0 aromatic heterocycles. The van der Waals surface area contributed by atoms with Gasteiger partial charge in [0.15, 0.2) is 0 Å². The van der Waals surface area contributed by atoms with Gasteiger partial charge in [-0.25, -0.2) is 8.42 Å². The minimum atomic E-state index is -3.69. The number of carbonyl (C=O) groups is 1. The van der Waals surface area contributed by atoms with Crippen molar-refractivity contribution >= 4 is 38.9 Å². The summed E-state index contributed by atoms with van der Waals surface area (Å²) < 4.78 is 26.0. The molecule has 26 heavy (non-hydrogen) atoms. The van der Waals surface area contributed by atoms with Crippen LogP contribution in [0.25, 0.3) is 0 Å². The molecule has 2 rings (SSSR count). The Bertz CT molecular complexity index is 893. The Balaban J connectivity index is 2.43. The van der Waals surface area contributed by atoms with Crippen molar-refractivity contribution in [3.8, 4) is 0 Å². The van der Waals surface area contributed by atoms with E-state index >= 15 is 0 Å². The first-order valence-corrected chi connectivity index (χ1v) is 10.5. The van der Waals surface area contributed by atoms with E-state index in [-0.39, 0.29) is 5.91 Å². The molecule has 1 amide bonds. The van der Waals surface area contributed by atoms with Crippen LogP contribution in [0, 0.1) is 13.8 Å². The van der Waals surface area contributed by atoms with Crippen molar-refractivity contribution in [3.05, 3.63) is 58.6 Å². The quantitative estimate of drug-likeness (QED) is 0.800. The number of aryl methyl sites for hydroxylation is 2. The maximum atomic E-state index is 12.9. The Morgan fingerprint density at radius 2 is 1.73 bits per heavy atom. The SMILES string of the molecule is CC[C@@H](C(=O)Nc1c(C)cccc1C)N(c1cccc(Cl)c1)S(C)(=O)=O. The van der Waals surface area contributed by atoms with Gasteiger partial charge in [0, 0.05) is 10.7 Å². The van der Waals surface area contributed by atoms with Crippen molar-refractivity contribution in [3.63, 3.8) is 0 Å². The van der Waals surface area contributed by atoms with Gasteiger partial charge >= 0.3 is 0 Å². The predicted molar refractivity (Wildman–Crippen MR) is 107 cm³/mol. The van der Waals surface area contributed by atoms with Crippen LogP contribution in [0.1, 0.15) is 24.5 Å². The summed E-state index contributed by atoms with van der Waals surface area (Å²) in [6.45, 7) is 5.57. The summed E-state index contributed by atoms with van der Waals surface area (Å²) in [6.07, 6.45) is 1.40. The summed E-state index contributed by atoms with van der Waals surface area (Å²) in [7, 11) is -3.69. The summed E-state index contributed by atoms with van der Waals surface area (Å²) in [5.74, 6) is -0.379. The number of rotatable bonds is 6. The molecule has 0 radical (unpaired) electrons. The zero-order valence-corrected chi connectivity index (χ0v) is 16.9. The van der Waals surface area contributed by atoms with Gasteiger partial charge in [-0.05, 0) is 49.6 Å². The molecule has 0 saturated carbocycles. The maximum Gasteiger partial charge on any atom is 0.248 e. The largest absolute Gasteiger partial charge is 0.324 e. The molecule has 0 aliphatic carbocycles. The molecular weight excluding hydrogens is 372 g/mol. The molecule has 5 nitrogen and oxygen atoms in total. The Hall–Kier alpha value is -2.05. The Morgan fingerprint density at radius 1 is 1.15 bits per heavy atom. The van der Waals surface area contributed by atoms with Gasteiger partial charge in [-0.3, -0.25) is 9.10 Å². The van der Waals surface area contributed by atoms with Crippen LogP contribution in [0.15, 0.2) is 42.5 Å². The van der Waals surface area contributed by atoms with Crippen molar-refractivity contribution in [2.24, 2.45) is 0 Å². The van der Waals surface area contributed by atoms with Crippen LogP contribution >= 0.6 is 11.6 Å². The summed E-state index contributed by atoms with van der Waals surface area (Å²) in [4.78, 5) is 12.9. The normalized spacial score (nSPS) is 12.5. The molecule has 0 bridgehead atoms. The lowest BCUT2D eigenvalue weighted by Gasteiger charge is -2.30. The standard InChI is InChI=1S/C19H23ClN2O3S/c1-5-17(19(23)21-18-13(2)8-6-9-14(18)3)22(26(4,24)25)16-11-7-10-15(20)12-16/h6-12,17H,5H2,1-4H3,(H,21,23)/t17-/m0/s1. The van der Waals surface area contributed by atoms with E-state index in [1.165, 1.54) is 6.07 Å². The van der Waals surface area contributed by atoms with Gasteiger partial charge in [0.25, 0.3) is 0 Å². The lowest BCUT2D eigenvalue weighted by atomic mass is 10.1. The molecule has 1 N–H and O–H groups in total. The number of sulfonamides is 1. The van der Waals surface area contributed by atoms with E-state index in [4.69, 9.17) is 11.6 Å². The summed E-state index contributed by atoms with van der Waals surface area (Å²) in [6, 6.07) is 11.3. The van der Waals surface area contributed by atoms with Gasteiger partial charge in [0.2, 0.25) is 15.9 Å². The number of amides is 1. The summed E-state index contributed by atoms with van der Waals surface area (Å²) in [5.41, 5.74) is 2.91. The second-order valence-corrected chi connectivity index (χ2v) is 8.51. The average molecular weight is 395 g/mol. The molecule has 7 heteroatoms. The van der Waals surface area contributed by atoms with Crippen LogP contribution in [-0.4, -0.2) is 26.6 Å². The molecule has 0 aliphatic rings. The monoisotopic (exact) mass is 394 g/mol. The summed E-state index contributed by atoms with van der Waals surface area (Å²) >= 11 is 6.02. The minimum absolute atomic E-state index is 0.316. The Kier molecular flexibility index (Phi) is 6.31. The third-order valence-electron chi connectivity index (χ3n) is 4.12. The van der Waals surface area contributed by atoms with E-state index in [2.05, 4.69) is 5.32 Å². The molecule has 2 aromatic carbocycles. The number of carbonyl (C=O) groups excluding carboxylic acids is 1. The van der Waals surface area contributed by atoms with E-state index in [0.717, 1.165) is 21.7 Å². The Morgan fingerprint density at radius 3 is 2.23 bits per heavy atom. The molecule has 0 fully saturated rings. The fourth-order valence-electron chi connectivity index (χ4n) is 2.89. The lowest BCUT2D eigenvalue weighted by Crippen LogP contribution is -2.47. The number of nitrogens with zero attached hydrogens (tertiary/aromatic N) is 1. The molecule has 1 atom stereocenters. The molecule has 0 heterocycles. The van der Waals surface area contributed by atoms with Crippen molar-refractivity contribution in [1.82, 2.24) is 0 Å². The first kappa shape index (κ1) is 20.3. The number of benzene rings is 2. The third kappa shape index (κ3) is 4.56. The Labute approximate surface area is 160 Å². The van der Waals surface area contributed by atoms with E-state index < -0.39 is 16.1 Å². The van der Waals surface area contributed by atoms with Crippen LogP contribution in [0.4, 0.5) is 11.4 Å². The van der Waals surface area contributed by atoms with Gasteiger partial charge < -0.3 is 5.32 Å². The highest BCUT2D eigenvalue weighted by atomic mass is 35.5. The number of hydrogen-bond acceptors (Lipinski definition) is 3. The molecule has 0 unspecified atom stereocenters. The van der Waals surface area contributed by atoms with Crippen LogP contribution in [-0.2, 0) is 14.8 Å². The van der Waals surface area contributed by atoms with E-state index in [0.29, 0.717) is 22.8 Å².